The number of hydrogen-bond acceptors (Lipinski definition) is 3. The van der Waals surface area contributed by atoms with Crippen molar-refractivity contribution in [2.75, 3.05) is 5.73 Å². The first kappa shape index (κ1) is 14.4. The van der Waals surface area contributed by atoms with Crippen LogP contribution in [0.3, 0.4) is 0 Å². The Morgan fingerprint density at radius 2 is 1.80 bits per heavy atom. The quantitative estimate of drug-likeness (QED) is 0.655. The van der Waals surface area contributed by atoms with E-state index in [4.69, 9.17) is 10.8 Å². The zero-order valence-corrected chi connectivity index (χ0v) is 11.5. The van der Waals surface area contributed by atoms with Crippen LogP contribution in [0.4, 0.5) is 10.1 Å². The number of carboxylic acids is 1. The van der Waals surface area contributed by atoms with E-state index in [2.05, 4.69) is 0 Å². The Morgan fingerprint density at radius 3 is 2.40 bits per heavy atom. The van der Waals surface area contributed by atoms with Gasteiger partial charge in [0.2, 0.25) is 0 Å². The summed E-state index contributed by atoms with van der Waals surface area (Å²) in [5.74, 6) is -0.511. The van der Waals surface area contributed by atoms with Crippen molar-refractivity contribution in [2.24, 2.45) is 0 Å². The number of anilines is 1. The molecular weight excluding hydrogens is 277 g/mol. The molecule has 0 aromatic heterocycles. The summed E-state index contributed by atoms with van der Waals surface area (Å²) in [7, 11) is 0. The monoisotopic (exact) mass is 291 g/mol. The molecule has 3 nitrogen and oxygen atoms in total. The number of halogens is 1. The minimum absolute atomic E-state index is 0.0217. The predicted octanol–water partition coefficient (Wildman–Crippen LogP) is 3.33. The van der Waals surface area contributed by atoms with Crippen LogP contribution in [-0.4, -0.2) is 11.1 Å². The molecule has 0 saturated carbocycles. The number of benzene rings is 2. The minimum Gasteiger partial charge on any atom is -0.481 e. The first-order valence-corrected chi connectivity index (χ1v) is 7.00. The van der Waals surface area contributed by atoms with Crippen molar-refractivity contribution < 1.29 is 14.3 Å². The lowest BCUT2D eigenvalue weighted by Crippen LogP contribution is -1.99. The van der Waals surface area contributed by atoms with Crippen molar-refractivity contribution >= 4 is 23.4 Å². The molecule has 0 spiro atoms. The number of nitrogen functional groups attached to an aromatic ring is 1. The number of rotatable bonds is 5. The zero-order valence-electron chi connectivity index (χ0n) is 10.7. The number of thioether (sulfide) groups is 1. The van der Waals surface area contributed by atoms with Gasteiger partial charge in [-0.1, -0.05) is 24.3 Å². The SMILES string of the molecule is Nc1cc(F)cc(SCc2ccc(CC(=O)O)cc2)c1. The van der Waals surface area contributed by atoms with Crippen LogP contribution in [0.1, 0.15) is 11.1 Å². The molecule has 0 bridgehead atoms. The van der Waals surface area contributed by atoms with Crippen molar-refractivity contribution in [3.63, 3.8) is 0 Å². The van der Waals surface area contributed by atoms with Crippen LogP contribution in [0.15, 0.2) is 47.4 Å². The average Bonchev–Trinajstić information content (AvgIpc) is 2.36. The fourth-order valence-electron chi connectivity index (χ4n) is 1.76. The largest absolute Gasteiger partial charge is 0.481 e. The van der Waals surface area contributed by atoms with Crippen molar-refractivity contribution in [3.05, 3.63) is 59.4 Å². The van der Waals surface area contributed by atoms with E-state index in [9.17, 15) is 9.18 Å². The molecule has 0 saturated heterocycles. The average molecular weight is 291 g/mol. The van der Waals surface area contributed by atoms with Crippen LogP contribution in [0.2, 0.25) is 0 Å². The Kier molecular flexibility index (Phi) is 4.63. The molecule has 0 aliphatic rings. The van der Waals surface area contributed by atoms with Gasteiger partial charge in [0.25, 0.3) is 0 Å². The molecule has 0 radical (unpaired) electrons. The Bertz CT molecular complexity index is 594. The summed E-state index contributed by atoms with van der Waals surface area (Å²) < 4.78 is 13.2. The van der Waals surface area contributed by atoms with E-state index in [1.165, 1.54) is 23.9 Å². The molecule has 0 amide bonds. The first-order chi connectivity index (χ1) is 9.52. The van der Waals surface area contributed by atoms with E-state index in [1.807, 2.05) is 12.1 Å². The second-order valence-electron chi connectivity index (χ2n) is 4.40. The number of carbonyl (C=O) groups is 1. The number of carboxylic acid groups (broad SMARTS) is 1. The standard InChI is InChI=1S/C15H14FNO2S/c16-12-6-13(17)8-14(7-12)20-9-11-3-1-10(2-4-11)5-15(18)19/h1-4,6-8H,5,9,17H2,(H,18,19). The van der Waals surface area contributed by atoms with Crippen LogP contribution < -0.4 is 5.73 Å². The third-order valence-corrected chi connectivity index (χ3v) is 3.72. The fourth-order valence-corrected chi connectivity index (χ4v) is 2.70. The van der Waals surface area contributed by atoms with Crippen molar-refractivity contribution in [1.82, 2.24) is 0 Å². The summed E-state index contributed by atoms with van der Waals surface area (Å²) in [6.07, 6.45) is 0.0217. The van der Waals surface area contributed by atoms with E-state index in [0.29, 0.717) is 11.4 Å². The number of nitrogens with two attached hydrogens (primary N) is 1. The number of aliphatic carboxylic acids is 1. The van der Waals surface area contributed by atoms with E-state index in [0.717, 1.165) is 16.0 Å². The molecule has 0 heterocycles. The van der Waals surface area contributed by atoms with Crippen molar-refractivity contribution in [2.45, 2.75) is 17.1 Å². The highest BCUT2D eigenvalue weighted by Gasteiger charge is 2.03. The topological polar surface area (TPSA) is 63.3 Å². The van der Waals surface area contributed by atoms with Gasteiger partial charge in [0.15, 0.2) is 0 Å². The lowest BCUT2D eigenvalue weighted by atomic mass is 10.1. The summed E-state index contributed by atoms with van der Waals surface area (Å²) >= 11 is 1.49. The minimum atomic E-state index is -0.845. The van der Waals surface area contributed by atoms with E-state index in [1.54, 1.807) is 18.2 Å². The summed E-state index contributed by atoms with van der Waals surface area (Å²) in [6, 6.07) is 11.8. The summed E-state index contributed by atoms with van der Waals surface area (Å²) in [4.78, 5) is 11.4. The third kappa shape index (κ3) is 4.28. The maximum Gasteiger partial charge on any atom is 0.307 e. The number of hydrogen-bond donors (Lipinski definition) is 2. The molecule has 2 aromatic carbocycles. The molecule has 0 fully saturated rings. The van der Waals surface area contributed by atoms with Gasteiger partial charge in [-0.05, 0) is 29.3 Å². The summed E-state index contributed by atoms with van der Waals surface area (Å²) in [5.41, 5.74) is 7.81. The summed E-state index contributed by atoms with van der Waals surface area (Å²) in [6.45, 7) is 0. The van der Waals surface area contributed by atoms with Gasteiger partial charge >= 0.3 is 5.97 Å². The molecule has 0 aliphatic carbocycles. The lowest BCUT2D eigenvalue weighted by molar-refractivity contribution is -0.136. The zero-order chi connectivity index (χ0) is 14.5. The van der Waals surface area contributed by atoms with Gasteiger partial charge in [0, 0.05) is 16.3 Å². The Hall–Kier alpha value is -2.01. The van der Waals surface area contributed by atoms with Crippen LogP contribution >= 0.6 is 11.8 Å². The van der Waals surface area contributed by atoms with Gasteiger partial charge in [-0.15, -0.1) is 11.8 Å². The molecular formula is C15H14FNO2S. The third-order valence-electron chi connectivity index (χ3n) is 2.68. The smallest absolute Gasteiger partial charge is 0.307 e. The summed E-state index contributed by atoms with van der Waals surface area (Å²) in [5, 5.41) is 8.69. The maximum absolute atomic E-state index is 13.2. The molecule has 3 N–H and O–H groups in total. The molecule has 0 aliphatic heterocycles. The van der Waals surface area contributed by atoms with Crippen LogP contribution in [0.25, 0.3) is 0 Å². The maximum atomic E-state index is 13.2. The van der Waals surface area contributed by atoms with Crippen LogP contribution in [0.5, 0.6) is 0 Å². The fraction of sp³-hybridized carbons (Fsp3) is 0.133. The van der Waals surface area contributed by atoms with Gasteiger partial charge in [-0.3, -0.25) is 4.79 Å². The predicted molar refractivity (Wildman–Crippen MR) is 78.2 cm³/mol. The second kappa shape index (κ2) is 6.43. The Labute approximate surface area is 120 Å². The first-order valence-electron chi connectivity index (χ1n) is 6.01. The normalized spacial score (nSPS) is 10.4. The van der Waals surface area contributed by atoms with Gasteiger partial charge in [-0.2, -0.15) is 0 Å². The molecule has 104 valence electrons. The van der Waals surface area contributed by atoms with Gasteiger partial charge in [-0.25, -0.2) is 4.39 Å². The van der Waals surface area contributed by atoms with Gasteiger partial charge in [0.05, 0.1) is 6.42 Å². The van der Waals surface area contributed by atoms with Gasteiger partial charge < -0.3 is 10.8 Å². The lowest BCUT2D eigenvalue weighted by Gasteiger charge is -2.05. The highest BCUT2D eigenvalue weighted by molar-refractivity contribution is 7.98. The molecule has 20 heavy (non-hydrogen) atoms. The van der Waals surface area contributed by atoms with Crippen molar-refractivity contribution in [1.29, 1.82) is 0 Å². The van der Waals surface area contributed by atoms with Crippen molar-refractivity contribution in [3.8, 4) is 0 Å². The van der Waals surface area contributed by atoms with E-state index < -0.39 is 5.97 Å². The molecule has 2 rings (SSSR count). The second-order valence-corrected chi connectivity index (χ2v) is 5.44. The molecule has 2 aromatic rings. The van der Waals surface area contributed by atoms with Gasteiger partial charge in [0.1, 0.15) is 5.82 Å². The highest BCUT2D eigenvalue weighted by Crippen LogP contribution is 2.25. The Balaban J connectivity index is 1.98. The highest BCUT2D eigenvalue weighted by atomic mass is 32.2. The van der Waals surface area contributed by atoms with E-state index in [-0.39, 0.29) is 12.2 Å². The van der Waals surface area contributed by atoms with Crippen LogP contribution in [-0.2, 0) is 17.0 Å². The molecule has 0 atom stereocenters. The van der Waals surface area contributed by atoms with Crippen LogP contribution in [0, 0.1) is 5.82 Å². The Morgan fingerprint density at radius 1 is 1.15 bits per heavy atom. The molecule has 5 heteroatoms. The molecule has 0 unspecified atom stereocenters. The van der Waals surface area contributed by atoms with E-state index >= 15 is 0 Å².